The smallest absolute Gasteiger partial charge is 0.251 e. The van der Waals surface area contributed by atoms with Gasteiger partial charge in [-0.2, -0.15) is 0 Å². The van der Waals surface area contributed by atoms with Gasteiger partial charge in [-0.1, -0.05) is 48.5 Å². The molecular weight excluding hydrogens is 260 g/mol. The predicted octanol–water partition coefficient (Wildman–Crippen LogP) is 2.59. The second-order valence-corrected chi connectivity index (χ2v) is 5.49. The summed E-state index contributed by atoms with van der Waals surface area (Å²) in [4.78, 5) is 14.4. The fraction of sp³-hybridized carbons (Fsp3) is 0.278. The molecule has 2 aromatic carbocycles. The monoisotopic (exact) mass is 282 g/mol. The first-order valence-corrected chi connectivity index (χ1v) is 7.19. The molecule has 0 bridgehead atoms. The number of carbonyl (C=O) groups excluding carboxylic acids is 1. The highest BCUT2D eigenvalue weighted by atomic mass is 16.1. The molecule has 0 spiro atoms. The summed E-state index contributed by atoms with van der Waals surface area (Å²) < 4.78 is 0. The van der Waals surface area contributed by atoms with Crippen molar-refractivity contribution in [3.8, 4) is 0 Å². The van der Waals surface area contributed by atoms with Crippen LogP contribution in [0.4, 0.5) is 0 Å². The second-order valence-electron chi connectivity index (χ2n) is 5.49. The van der Waals surface area contributed by atoms with Gasteiger partial charge in [-0.15, -0.1) is 0 Å². The molecule has 0 saturated carbocycles. The van der Waals surface area contributed by atoms with E-state index in [-0.39, 0.29) is 11.9 Å². The molecule has 1 atom stereocenters. The molecule has 2 aromatic rings. The zero-order valence-electron chi connectivity index (χ0n) is 12.6. The highest BCUT2D eigenvalue weighted by Gasteiger charge is 2.15. The van der Waals surface area contributed by atoms with E-state index in [1.54, 1.807) is 0 Å². The van der Waals surface area contributed by atoms with Crippen LogP contribution in [-0.2, 0) is 6.42 Å². The van der Waals surface area contributed by atoms with E-state index < -0.39 is 0 Å². The lowest BCUT2D eigenvalue weighted by atomic mass is 10.0. The number of nitrogens with one attached hydrogen (secondary N) is 1. The summed E-state index contributed by atoms with van der Waals surface area (Å²) in [7, 11) is 4.04. The van der Waals surface area contributed by atoms with Crippen molar-refractivity contribution >= 4 is 5.91 Å². The lowest BCUT2D eigenvalue weighted by Gasteiger charge is -2.22. The van der Waals surface area contributed by atoms with Crippen molar-refractivity contribution in [3.05, 3.63) is 71.8 Å². The Morgan fingerprint density at radius 2 is 1.57 bits per heavy atom. The molecule has 3 heteroatoms. The van der Waals surface area contributed by atoms with E-state index in [2.05, 4.69) is 22.3 Å². The first-order valence-electron chi connectivity index (χ1n) is 7.19. The summed E-state index contributed by atoms with van der Waals surface area (Å²) in [5.74, 6) is -0.0154. The molecule has 1 N–H and O–H groups in total. The third-order valence-electron chi connectivity index (χ3n) is 3.28. The van der Waals surface area contributed by atoms with Gasteiger partial charge in [0.15, 0.2) is 0 Å². The molecule has 0 aromatic heterocycles. The van der Waals surface area contributed by atoms with Gasteiger partial charge >= 0.3 is 0 Å². The van der Waals surface area contributed by atoms with Crippen molar-refractivity contribution in [1.29, 1.82) is 0 Å². The number of hydrogen-bond donors (Lipinski definition) is 1. The third-order valence-corrected chi connectivity index (χ3v) is 3.28. The normalized spacial score (nSPS) is 12.1. The van der Waals surface area contributed by atoms with E-state index in [0.717, 1.165) is 13.0 Å². The van der Waals surface area contributed by atoms with Crippen LogP contribution in [0.15, 0.2) is 60.7 Å². The highest BCUT2D eigenvalue weighted by Crippen LogP contribution is 2.06. The Bertz CT molecular complexity index is 552. The zero-order valence-corrected chi connectivity index (χ0v) is 12.6. The first kappa shape index (κ1) is 15.3. The van der Waals surface area contributed by atoms with Gasteiger partial charge in [0.05, 0.1) is 0 Å². The Labute approximate surface area is 126 Å². The molecule has 0 saturated heterocycles. The minimum absolute atomic E-state index is 0.0154. The van der Waals surface area contributed by atoms with Crippen molar-refractivity contribution in [2.24, 2.45) is 0 Å². The van der Waals surface area contributed by atoms with Crippen molar-refractivity contribution < 1.29 is 4.79 Å². The van der Waals surface area contributed by atoms with Crippen LogP contribution in [0, 0.1) is 0 Å². The van der Waals surface area contributed by atoms with Crippen LogP contribution < -0.4 is 5.32 Å². The maximum absolute atomic E-state index is 12.3. The Morgan fingerprint density at radius 1 is 1.00 bits per heavy atom. The fourth-order valence-electron chi connectivity index (χ4n) is 2.36. The molecular formula is C18H22N2O. The lowest BCUT2D eigenvalue weighted by Crippen LogP contribution is -2.43. The molecule has 2 rings (SSSR count). The van der Waals surface area contributed by atoms with Crippen LogP contribution >= 0.6 is 0 Å². The molecule has 3 nitrogen and oxygen atoms in total. The van der Waals surface area contributed by atoms with Crippen molar-refractivity contribution in [2.75, 3.05) is 20.6 Å². The van der Waals surface area contributed by atoms with Gasteiger partial charge in [-0.25, -0.2) is 0 Å². The molecule has 0 aliphatic heterocycles. The molecule has 21 heavy (non-hydrogen) atoms. The molecule has 0 aliphatic carbocycles. The predicted molar refractivity (Wildman–Crippen MR) is 86.4 cm³/mol. The number of nitrogens with zero attached hydrogens (tertiary/aromatic N) is 1. The average Bonchev–Trinajstić information content (AvgIpc) is 2.48. The molecule has 0 unspecified atom stereocenters. The van der Waals surface area contributed by atoms with Crippen LogP contribution in [0.1, 0.15) is 15.9 Å². The van der Waals surface area contributed by atoms with E-state index in [4.69, 9.17) is 0 Å². The number of rotatable bonds is 6. The average molecular weight is 282 g/mol. The minimum atomic E-state index is -0.0154. The first-order chi connectivity index (χ1) is 10.1. The van der Waals surface area contributed by atoms with Gasteiger partial charge in [-0.3, -0.25) is 4.79 Å². The van der Waals surface area contributed by atoms with Gasteiger partial charge < -0.3 is 10.2 Å². The quantitative estimate of drug-likeness (QED) is 0.883. The van der Waals surface area contributed by atoms with Crippen molar-refractivity contribution in [2.45, 2.75) is 12.5 Å². The number of hydrogen-bond acceptors (Lipinski definition) is 2. The van der Waals surface area contributed by atoms with E-state index in [9.17, 15) is 4.79 Å². The van der Waals surface area contributed by atoms with Gasteiger partial charge in [0.1, 0.15) is 0 Å². The number of benzene rings is 2. The zero-order chi connectivity index (χ0) is 15.1. The van der Waals surface area contributed by atoms with Crippen LogP contribution in [0.5, 0.6) is 0 Å². The van der Waals surface area contributed by atoms with Crippen molar-refractivity contribution in [1.82, 2.24) is 10.2 Å². The molecule has 0 aliphatic rings. The largest absolute Gasteiger partial charge is 0.348 e. The summed E-state index contributed by atoms with van der Waals surface area (Å²) >= 11 is 0. The number of amides is 1. The molecule has 110 valence electrons. The molecule has 0 heterocycles. The summed E-state index contributed by atoms with van der Waals surface area (Å²) in [5.41, 5.74) is 1.94. The number of likely N-dealkylation sites (N-methyl/N-ethyl adjacent to an activating group) is 1. The Hall–Kier alpha value is -2.13. The van der Waals surface area contributed by atoms with Gasteiger partial charge in [0.25, 0.3) is 5.91 Å². The number of carbonyl (C=O) groups is 1. The topological polar surface area (TPSA) is 32.3 Å². The van der Waals surface area contributed by atoms with Crippen LogP contribution in [-0.4, -0.2) is 37.5 Å². The SMILES string of the molecule is CN(C)C[C@@H](Cc1ccccc1)NC(=O)c1ccccc1. The summed E-state index contributed by atoms with van der Waals surface area (Å²) in [6, 6.07) is 19.7. The van der Waals surface area contributed by atoms with E-state index in [1.165, 1.54) is 5.56 Å². The maximum Gasteiger partial charge on any atom is 0.251 e. The van der Waals surface area contributed by atoms with E-state index >= 15 is 0 Å². The van der Waals surface area contributed by atoms with Gasteiger partial charge in [0, 0.05) is 18.2 Å². The van der Waals surface area contributed by atoms with Crippen LogP contribution in [0.2, 0.25) is 0 Å². The highest BCUT2D eigenvalue weighted by molar-refractivity contribution is 5.94. The van der Waals surface area contributed by atoms with E-state index in [0.29, 0.717) is 5.56 Å². The fourth-order valence-corrected chi connectivity index (χ4v) is 2.36. The second kappa shape index (κ2) is 7.60. The Morgan fingerprint density at radius 3 is 2.14 bits per heavy atom. The van der Waals surface area contributed by atoms with Gasteiger partial charge in [-0.05, 0) is 38.2 Å². The van der Waals surface area contributed by atoms with Crippen molar-refractivity contribution in [3.63, 3.8) is 0 Å². The van der Waals surface area contributed by atoms with Gasteiger partial charge in [0.2, 0.25) is 0 Å². The Balaban J connectivity index is 2.04. The molecule has 0 fully saturated rings. The third kappa shape index (κ3) is 5.04. The molecule has 1 amide bonds. The summed E-state index contributed by atoms with van der Waals surface area (Å²) in [6.07, 6.45) is 0.831. The Kier molecular flexibility index (Phi) is 5.52. The minimum Gasteiger partial charge on any atom is -0.348 e. The van der Waals surface area contributed by atoms with Crippen LogP contribution in [0.3, 0.4) is 0 Å². The standard InChI is InChI=1S/C18H22N2O/c1-20(2)14-17(13-15-9-5-3-6-10-15)19-18(21)16-11-7-4-8-12-16/h3-12,17H,13-14H2,1-2H3,(H,19,21)/t17-/m1/s1. The summed E-state index contributed by atoms with van der Waals surface area (Å²) in [5, 5.41) is 3.13. The lowest BCUT2D eigenvalue weighted by molar-refractivity contribution is 0.0930. The van der Waals surface area contributed by atoms with Crippen LogP contribution in [0.25, 0.3) is 0 Å². The molecule has 0 radical (unpaired) electrons. The van der Waals surface area contributed by atoms with E-state index in [1.807, 2.05) is 62.6 Å². The summed E-state index contributed by atoms with van der Waals surface area (Å²) in [6.45, 7) is 0.813. The maximum atomic E-state index is 12.3.